The van der Waals surface area contributed by atoms with Crippen molar-refractivity contribution in [2.75, 3.05) is 4.90 Å². The molecule has 0 radical (unpaired) electrons. The molecule has 0 saturated carbocycles. The van der Waals surface area contributed by atoms with E-state index in [2.05, 4.69) is 10.2 Å². The molecule has 4 aromatic rings. The van der Waals surface area contributed by atoms with E-state index in [9.17, 15) is 14.7 Å². The molecule has 2 heterocycles. The number of carbonyl (C=O) groups is 2. The molecule has 1 aromatic heterocycles. The molecule has 35 heavy (non-hydrogen) atoms. The molecule has 1 N–H and O–H groups in total. The number of amides is 1. The van der Waals surface area contributed by atoms with Crippen LogP contribution in [0, 0.1) is 6.92 Å². The highest BCUT2D eigenvalue weighted by Crippen LogP contribution is 2.43. The number of ketones is 1. The van der Waals surface area contributed by atoms with E-state index in [0.717, 1.165) is 5.56 Å². The van der Waals surface area contributed by atoms with E-state index in [1.807, 2.05) is 42.5 Å². The van der Waals surface area contributed by atoms with Gasteiger partial charge in [-0.2, -0.15) is 0 Å². The Morgan fingerprint density at radius 1 is 0.971 bits per heavy atom. The van der Waals surface area contributed by atoms with Crippen LogP contribution in [0.1, 0.15) is 27.7 Å². The summed E-state index contributed by atoms with van der Waals surface area (Å²) in [4.78, 5) is 27.7. The average Bonchev–Trinajstić information content (AvgIpc) is 3.44. The van der Waals surface area contributed by atoms with Gasteiger partial charge in [-0.15, -0.1) is 10.2 Å². The van der Waals surface area contributed by atoms with Crippen LogP contribution in [0.15, 0.2) is 90.5 Å². The van der Waals surface area contributed by atoms with E-state index in [-0.39, 0.29) is 16.5 Å². The summed E-state index contributed by atoms with van der Waals surface area (Å²) in [6, 6.07) is 24.8. The fourth-order valence-electron chi connectivity index (χ4n) is 4.00. The zero-order chi connectivity index (χ0) is 24.4. The first-order valence-electron chi connectivity index (χ1n) is 11.0. The fraction of sp³-hybridized carbons (Fsp3) is 0.111. The minimum absolute atomic E-state index is 0.00531. The van der Waals surface area contributed by atoms with Crippen molar-refractivity contribution in [1.82, 2.24) is 10.2 Å². The number of hydrogen-bond acceptors (Lipinski definition) is 7. The van der Waals surface area contributed by atoms with Crippen molar-refractivity contribution >= 4 is 33.9 Å². The maximum absolute atomic E-state index is 13.2. The first-order chi connectivity index (χ1) is 17.0. The van der Waals surface area contributed by atoms with Gasteiger partial charge in [-0.25, -0.2) is 0 Å². The molecule has 8 heteroatoms. The number of aliphatic hydroxyl groups excluding tert-OH is 1. The molecule has 1 unspecified atom stereocenters. The second-order valence-electron chi connectivity index (χ2n) is 7.99. The van der Waals surface area contributed by atoms with Crippen LogP contribution < -0.4 is 9.64 Å². The van der Waals surface area contributed by atoms with E-state index in [1.54, 1.807) is 49.4 Å². The molecule has 5 rings (SSSR count). The topological polar surface area (TPSA) is 92.6 Å². The number of aliphatic hydroxyl groups is 1. The van der Waals surface area contributed by atoms with Gasteiger partial charge >= 0.3 is 5.91 Å². The van der Waals surface area contributed by atoms with Gasteiger partial charge in [0.1, 0.15) is 23.1 Å². The van der Waals surface area contributed by atoms with Crippen LogP contribution in [0.4, 0.5) is 5.13 Å². The summed E-state index contributed by atoms with van der Waals surface area (Å²) in [7, 11) is 0. The predicted octanol–water partition coefficient (Wildman–Crippen LogP) is 5.05. The van der Waals surface area contributed by atoms with Gasteiger partial charge in [-0.1, -0.05) is 84.1 Å². The summed E-state index contributed by atoms with van der Waals surface area (Å²) >= 11 is 1.21. The second-order valence-corrected chi connectivity index (χ2v) is 9.15. The van der Waals surface area contributed by atoms with E-state index >= 15 is 0 Å². The third-order valence-corrected chi connectivity index (χ3v) is 6.47. The minimum Gasteiger partial charge on any atom is -0.507 e. The number of aromatic nitrogens is 2. The molecular weight excluding hydrogens is 462 g/mol. The van der Waals surface area contributed by atoms with Gasteiger partial charge in [0, 0.05) is 5.56 Å². The Kier molecular flexibility index (Phi) is 6.12. The van der Waals surface area contributed by atoms with Crippen molar-refractivity contribution in [1.29, 1.82) is 0 Å². The molecule has 1 atom stereocenters. The summed E-state index contributed by atoms with van der Waals surface area (Å²) in [6.07, 6.45) is 0. The number of carbonyl (C=O) groups excluding carboxylic acids is 2. The molecule has 1 amide bonds. The molecule has 1 aliphatic heterocycles. The molecule has 1 fully saturated rings. The lowest BCUT2D eigenvalue weighted by molar-refractivity contribution is -0.132. The molecule has 0 spiro atoms. The third-order valence-electron chi connectivity index (χ3n) is 5.64. The number of nitrogens with zero attached hydrogens (tertiary/aromatic N) is 3. The highest BCUT2D eigenvalue weighted by atomic mass is 32.1. The lowest BCUT2D eigenvalue weighted by Gasteiger charge is -2.23. The van der Waals surface area contributed by atoms with Crippen molar-refractivity contribution < 1.29 is 19.4 Å². The summed E-state index contributed by atoms with van der Waals surface area (Å²) in [6.45, 7) is 2.14. The Morgan fingerprint density at radius 3 is 2.37 bits per heavy atom. The first kappa shape index (κ1) is 22.5. The molecule has 1 aliphatic rings. The summed E-state index contributed by atoms with van der Waals surface area (Å²) in [5.74, 6) is -1.21. The lowest BCUT2D eigenvalue weighted by Crippen LogP contribution is -2.29. The van der Waals surface area contributed by atoms with Gasteiger partial charge < -0.3 is 9.84 Å². The zero-order valence-corrected chi connectivity index (χ0v) is 19.6. The number of hydrogen-bond donors (Lipinski definition) is 1. The van der Waals surface area contributed by atoms with Gasteiger partial charge in [-0.3, -0.25) is 14.5 Å². The van der Waals surface area contributed by atoms with Gasteiger partial charge in [0.05, 0.1) is 11.6 Å². The van der Waals surface area contributed by atoms with Crippen molar-refractivity contribution in [3.8, 4) is 5.75 Å². The van der Waals surface area contributed by atoms with Crippen LogP contribution in [0.2, 0.25) is 0 Å². The second kappa shape index (κ2) is 9.52. The largest absolute Gasteiger partial charge is 0.507 e. The van der Waals surface area contributed by atoms with Crippen molar-refractivity contribution in [2.24, 2.45) is 0 Å². The van der Waals surface area contributed by atoms with Crippen molar-refractivity contribution in [3.05, 3.63) is 112 Å². The van der Waals surface area contributed by atoms with Crippen LogP contribution >= 0.6 is 11.3 Å². The SMILES string of the molecule is Cc1nnc(N2C(=O)C(=O)C(=C(O)c3ccccc3)C2c2cccc(OCc3ccccc3)c2)s1. The van der Waals surface area contributed by atoms with Crippen LogP contribution in [-0.2, 0) is 16.2 Å². The van der Waals surface area contributed by atoms with E-state index in [4.69, 9.17) is 4.74 Å². The smallest absolute Gasteiger partial charge is 0.301 e. The highest BCUT2D eigenvalue weighted by molar-refractivity contribution is 7.15. The lowest BCUT2D eigenvalue weighted by atomic mass is 9.95. The first-order valence-corrected chi connectivity index (χ1v) is 11.8. The molecule has 3 aromatic carbocycles. The predicted molar refractivity (Wildman–Crippen MR) is 133 cm³/mol. The number of rotatable bonds is 6. The van der Waals surface area contributed by atoms with Gasteiger partial charge in [0.2, 0.25) is 5.13 Å². The Morgan fingerprint density at radius 2 is 1.69 bits per heavy atom. The number of benzene rings is 3. The molecule has 0 aliphatic carbocycles. The molecular formula is C27H21N3O4S. The zero-order valence-electron chi connectivity index (χ0n) is 18.8. The number of Topliss-reactive ketones (excluding diaryl/α,β-unsaturated/α-hetero) is 1. The van der Waals surface area contributed by atoms with Gasteiger partial charge in [-0.05, 0) is 30.2 Å². The number of ether oxygens (including phenoxy) is 1. The summed E-state index contributed by atoms with van der Waals surface area (Å²) < 4.78 is 5.98. The Labute approximate surface area is 206 Å². The molecule has 1 saturated heterocycles. The summed E-state index contributed by atoms with van der Waals surface area (Å²) in [5, 5.41) is 20.2. The molecule has 7 nitrogen and oxygen atoms in total. The maximum Gasteiger partial charge on any atom is 0.301 e. The Bertz CT molecular complexity index is 1420. The van der Waals surface area contributed by atoms with Crippen LogP contribution in [0.25, 0.3) is 5.76 Å². The van der Waals surface area contributed by atoms with Gasteiger partial charge in [0.25, 0.3) is 5.78 Å². The summed E-state index contributed by atoms with van der Waals surface area (Å²) in [5.41, 5.74) is 2.06. The van der Waals surface area contributed by atoms with Gasteiger partial charge in [0.15, 0.2) is 0 Å². The van der Waals surface area contributed by atoms with E-state index in [0.29, 0.717) is 28.5 Å². The van der Waals surface area contributed by atoms with Crippen LogP contribution in [0.5, 0.6) is 5.75 Å². The molecule has 0 bridgehead atoms. The Balaban J connectivity index is 1.59. The normalized spacial score (nSPS) is 17.1. The monoisotopic (exact) mass is 483 g/mol. The maximum atomic E-state index is 13.2. The third kappa shape index (κ3) is 4.43. The van der Waals surface area contributed by atoms with Crippen LogP contribution in [0.3, 0.4) is 0 Å². The highest BCUT2D eigenvalue weighted by Gasteiger charge is 2.48. The fourth-order valence-corrected chi connectivity index (χ4v) is 4.71. The van der Waals surface area contributed by atoms with E-state index in [1.165, 1.54) is 16.2 Å². The van der Waals surface area contributed by atoms with Crippen molar-refractivity contribution in [2.45, 2.75) is 19.6 Å². The minimum atomic E-state index is -0.886. The standard InChI is InChI=1S/C27H21N3O4S/c1-17-28-29-27(35-17)30-23(22(25(32)26(30)33)24(31)19-11-6-3-7-12-19)20-13-8-14-21(15-20)34-16-18-9-4-2-5-10-18/h2-15,23,31H,16H2,1H3. The number of anilines is 1. The average molecular weight is 484 g/mol. The number of aryl methyl sites for hydroxylation is 1. The molecule has 174 valence electrons. The Hall–Kier alpha value is -4.30. The quantitative estimate of drug-likeness (QED) is 0.234. The van der Waals surface area contributed by atoms with Crippen LogP contribution in [-0.4, -0.2) is 27.0 Å². The van der Waals surface area contributed by atoms with Crippen molar-refractivity contribution in [3.63, 3.8) is 0 Å². The van der Waals surface area contributed by atoms with E-state index < -0.39 is 17.7 Å².